The third-order valence-corrected chi connectivity index (χ3v) is 3.34. The largest absolute Gasteiger partial charge is 0.398 e. The van der Waals surface area contributed by atoms with Gasteiger partial charge in [-0.25, -0.2) is 0 Å². The normalized spacial score (nSPS) is 13.4. The molecular formula is C14H13N3O2. The summed E-state index contributed by atoms with van der Waals surface area (Å²) in [7, 11) is 0. The highest BCUT2D eigenvalue weighted by Crippen LogP contribution is 2.32. The first-order chi connectivity index (χ1) is 9.16. The van der Waals surface area contributed by atoms with Gasteiger partial charge in [0.1, 0.15) is 0 Å². The van der Waals surface area contributed by atoms with E-state index in [0.29, 0.717) is 17.8 Å². The number of aromatic nitrogens is 1. The second kappa shape index (κ2) is 4.28. The van der Waals surface area contributed by atoms with Gasteiger partial charge < -0.3 is 15.6 Å². The fourth-order valence-electron chi connectivity index (χ4n) is 2.37. The van der Waals surface area contributed by atoms with Crippen LogP contribution < -0.4 is 16.2 Å². The smallest absolute Gasteiger partial charge is 0.259 e. The van der Waals surface area contributed by atoms with Gasteiger partial charge in [0, 0.05) is 35.7 Å². The minimum atomic E-state index is -0.220. The molecule has 2 heterocycles. The first kappa shape index (κ1) is 11.5. The number of nitrogens with two attached hydrogens (primary N) is 1. The van der Waals surface area contributed by atoms with Crippen molar-refractivity contribution < 1.29 is 4.79 Å². The maximum absolute atomic E-state index is 12.4. The molecule has 1 aliphatic heterocycles. The Morgan fingerprint density at radius 1 is 1.26 bits per heavy atom. The number of anilines is 2. The van der Waals surface area contributed by atoms with Crippen molar-refractivity contribution >= 4 is 17.3 Å². The Bertz CT molecular complexity index is 686. The summed E-state index contributed by atoms with van der Waals surface area (Å²) < 4.78 is 0. The number of H-pyrrole nitrogens is 1. The monoisotopic (exact) mass is 255 g/mol. The molecule has 0 spiro atoms. The summed E-state index contributed by atoms with van der Waals surface area (Å²) in [6.45, 7) is 0.613. The summed E-state index contributed by atoms with van der Waals surface area (Å²) in [5.74, 6) is -0.124. The SMILES string of the molecule is Nc1cccc2c1CCN2C(=O)c1ccc(=O)[nH]c1. The molecule has 0 saturated carbocycles. The number of nitrogen functional groups attached to an aromatic ring is 1. The van der Waals surface area contributed by atoms with Crippen LogP contribution >= 0.6 is 0 Å². The third-order valence-electron chi connectivity index (χ3n) is 3.34. The highest BCUT2D eigenvalue weighted by atomic mass is 16.2. The molecule has 0 bridgehead atoms. The molecular weight excluding hydrogens is 242 g/mol. The number of carbonyl (C=O) groups excluding carboxylic acids is 1. The summed E-state index contributed by atoms with van der Waals surface area (Å²) in [6, 6.07) is 8.46. The number of aromatic amines is 1. The van der Waals surface area contributed by atoms with Gasteiger partial charge in [0.05, 0.1) is 5.56 Å². The molecule has 0 fully saturated rings. The number of nitrogens with one attached hydrogen (secondary N) is 1. The Morgan fingerprint density at radius 3 is 2.84 bits per heavy atom. The number of hydrogen-bond acceptors (Lipinski definition) is 3. The van der Waals surface area contributed by atoms with Gasteiger partial charge in [-0.3, -0.25) is 9.59 Å². The highest BCUT2D eigenvalue weighted by Gasteiger charge is 2.26. The highest BCUT2D eigenvalue weighted by molar-refractivity contribution is 6.07. The van der Waals surface area contributed by atoms with E-state index in [9.17, 15) is 9.59 Å². The Kier molecular flexibility index (Phi) is 2.59. The molecule has 1 aromatic carbocycles. The van der Waals surface area contributed by atoms with E-state index >= 15 is 0 Å². The van der Waals surface area contributed by atoms with Crippen LogP contribution in [0, 0.1) is 0 Å². The molecule has 0 atom stereocenters. The quantitative estimate of drug-likeness (QED) is 0.750. The van der Waals surface area contributed by atoms with E-state index in [0.717, 1.165) is 17.7 Å². The molecule has 96 valence electrons. The van der Waals surface area contributed by atoms with E-state index in [1.165, 1.54) is 18.3 Å². The third kappa shape index (κ3) is 1.89. The Morgan fingerprint density at radius 2 is 2.11 bits per heavy atom. The molecule has 0 unspecified atom stereocenters. The number of pyridine rings is 1. The first-order valence-electron chi connectivity index (χ1n) is 6.05. The summed E-state index contributed by atoms with van der Waals surface area (Å²) in [5, 5.41) is 0. The van der Waals surface area contributed by atoms with Crippen LogP contribution in [0.15, 0.2) is 41.3 Å². The van der Waals surface area contributed by atoms with Gasteiger partial charge in [0.2, 0.25) is 5.56 Å². The fraction of sp³-hybridized carbons (Fsp3) is 0.143. The average Bonchev–Trinajstić information content (AvgIpc) is 2.84. The van der Waals surface area contributed by atoms with Crippen LogP contribution in [0.3, 0.4) is 0 Å². The number of fused-ring (bicyclic) bond motifs is 1. The Labute approximate surface area is 109 Å². The summed E-state index contributed by atoms with van der Waals surface area (Å²) in [5.41, 5.74) is 8.74. The van der Waals surface area contributed by atoms with Crippen molar-refractivity contribution in [1.82, 2.24) is 4.98 Å². The van der Waals surface area contributed by atoms with Crippen LogP contribution in [-0.2, 0) is 6.42 Å². The van der Waals surface area contributed by atoms with Crippen LogP contribution in [0.2, 0.25) is 0 Å². The zero-order valence-corrected chi connectivity index (χ0v) is 10.2. The van der Waals surface area contributed by atoms with Crippen LogP contribution in [-0.4, -0.2) is 17.4 Å². The van der Waals surface area contributed by atoms with Crippen molar-refractivity contribution in [1.29, 1.82) is 0 Å². The molecule has 1 amide bonds. The number of rotatable bonds is 1. The molecule has 5 nitrogen and oxygen atoms in total. The number of amides is 1. The standard InChI is InChI=1S/C14H13N3O2/c15-11-2-1-3-12-10(11)6-7-17(12)14(19)9-4-5-13(18)16-8-9/h1-5,8H,6-7,15H2,(H,16,18). The predicted octanol–water partition coefficient (Wildman–Crippen LogP) is 1.16. The van der Waals surface area contributed by atoms with E-state index in [1.807, 2.05) is 18.2 Å². The molecule has 19 heavy (non-hydrogen) atoms. The van der Waals surface area contributed by atoms with Gasteiger partial charge in [-0.2, -0.15) is 0 Å². The molecule has 3 N–H and O–H groups in total. The maximum atomic E-state index is 12.4. The van der Waals surface area contributed by atoms with E-state index < -0.39 is 0 Å². The predicted molar refractivity (Wildman–Crippen MR) is 73.3 cm³/mol. The summed E-state index contributed by atoms with van der Waals surface area (Å²) >= 11 is 0. The molecule has 3 rings (SSSR count). The topological polar surface area (TPSA) is 79.2 Å². The lowest BCUT2D eigenvalue weighted by Crippen LogP contribution is -2.29. The second-order valence-electron chi connectivity index (χ2n) is 4.49. The number of nitrogens with zero attached hydrogens (tertiary/aromatic N) is 1. The second-order valence-corrected chi connectivity index (χ2v) is 4.49. The van der Waals surface area contributed by atoms with Gasteiger partial charge in [-0.15, -0.1) is 0 Å². The molecule has 0 radical (unpaired) electrons. The lowest BCUT2D eigenvalue weighted by Gasteiger charge is -2.17. The van der Waals surface area contributed by atoms with E-state index in [1.54, 1.807) is 4.90 Å². The lowest BCUT2D eigenvalue weighted by atomic mass is 10.1. The summed E-state index contributed by atoms with van der Waals surface area (Å²) in [4.78, 5) is 27.6. The van der Waals surface area contributed by atoms with Crippen LogP contribution in [0.25, 0.3) is 0 Å². The van der Waals surface area contributed by atoms with Crippen molar-refractivity contribution in [2.24, 2.45) is 0 Å². The van der Waals surface area contributed by atoms with Gasteiger partial charge in [-0.1, -0.05) is 6.07 Å². The van der Waals surface area contributed by atoms with Crippen LogP contribution in [0.1, 0.15) is 15.9 Å². The van der Waals surface area contributed by atoms with Gasteiger partial charge in [0.25, 0.3) is 5.91 Å². The Balaban J connectivity index is 1.98. The average molecular weight is 255 g/mol. The van der Waals surface area contributed by atoms with Crippen LogP contribution in [0.4, 0.5) is 11.4 Å². The van der Waals surface area contributed by atoms with E-state index in [2.05, 4.69) is 4.98 Å². The number of hydrogen-bond donors (Lipinski definition) is 2. The molecule has 0 aliphatic carbocycles. The Hall–Kier alpha value is -2.56. The van der Waals surface area contributed by atoms with Gasteiger partial charge in [-0.05, 0) is 24.6 Å². The molecule has 0 saturated heterocycles. The lowest BCUT2D eigenvalue weighted by molar-refractivity contribution is 0.0989. The molecule has 2 aromatic rings. The van der Waals surface area contributed by atoms with Crippen molar-refractivity contribution in [3.63, 3.8) is 0 Å². The molecule has 1 aliphatic rings. The van der Waals surface area contributed by atoms with Gasteiger partial charge in [0.15, 0.2) is 0 Å². The van der Waals surface area contributed by atoms with Crippen molar-refractivity contribution in [3.8, 4) is 0 Å². The van der Waals surface area contributed by atoms with Crippen molar-refractivity contribution in [3.05, 3.63) is 58.0 Å². The fourth-order valence-corrected chi connectivity index (χ4v) is 2.37. The molecule has 1 aromatic heterocycles. The van der Waals surface area contributed by atoms with E-state index in [4.69, 9.17) is 5.73 Å². The van der Waals surface area contributed by atoms with Crippen LogP contribution in [0.5, 0.6) is 0 Å². The zero-order valence-electron chi connectivity index (χ0n) is 10.2. The zero-order chi connectivity index (χ0) is 13.4. The molecule has 5 heteroatoms. The summed E-state index contributed by atoms with van der Waals surface area (Å²) in [6.07, 6.45) is 2.20. The number of carbonyl (C=O) groups is 1. The van der Waals surface area contributed by atoms with Gasteiger partial charge >= 0.3 is 0 Å². The number of benzene rings is 1. The van der Waals surface area contributed by atoms with Crippen molar-refractivity contribution in [2.45, 2.75) is 6.42 Å². The minimum absolute atomic E-state index is 0.124. The minimum Gasteiger partial charge on any atom is -0.398 e. The maximum Gasteiger partial charge on any atom is 0.259 e. The first-order valence-corrected chi connectivity index (χ1v) is 6.05. The van der Waals surface area contributed by atoms with E-state index in [-0.39, 0.29) is 11.5 Å². The van der Waals surface area contributed by atoms with Crippen molar-refractivity contribution in [2.75, 3.05) is 17.2 Å².